The molecule has 0 saturated carbocycles. The number of carbonyl (C=O) groups is 4. The van der Waals surface area contributed by atoms with Crippen molar-refractivity contribution in [2.45, 2.75) is 13.3 Å². The van der Waals surface area contributed by atoms with Crippen LogP contribution in [0, 0.1) is 0 Å². The molecule has 0 aromatic carbocycles. The lowest BCUT2D eigenvalue weighted by molar-refractivity contribution is 0.0581. The molecule has 9 nitrogen and oxygen atoms in total. The van der Waals surface area contributed by atoms with Gasteiger partial charge in [-0.1, -0.05) is 6.92 Å². The summed E-state index contributed by atoms with van der Waals surface area (Å²) in [7, 11) is 3.84. The first-order valence-corrected chi connectivity index (χ1v) is 8.08. The number of Topliss-reactive ketones (excluding diaryl/α,β-unsaturated/α-hetero) is 1. The molecule has 0 radical (unpaired) electrons. The normalized spacial score (nSPS) is 9.43. The molecule has 9 heteroatoms. The zero-order chi connectivity index (χ0) is 21.1. The summed E-state index contributed by atoms with van der Waals surface area (Å²) in [5, 5.41) is 0. The van der Waals surface area contributed by atoms with E-state index in [9.17, 15) is 19.2 Å². The number of nitrogens with zero attached hydrogens (tertiary/aromatic N) is 2. The van der Waals surface area contributed by atoms with Crippen LogP contribution in [0.4, 0.5) is 0 Å². The van der Waals surface area contributed by atoms with Gasteiger partial charge in [0.25, 0.3) is 0 Å². The van der Waals surface area contributed by atoms with Gasteiger partial charge in [0.2, 0.25) is 0 Å². The van der Waals surface area contributed by atoms with Crippen LogP contribution >= 0.6 is 0 Å². The second-order valence-electron chi connectivity index (χ2n) is 5.12. The Kier molecular flexibility index (Phi) is 8.94. The van der Waals surface area contributed by atoms with Gasteiger partial charge in [-0.15, -0.1) is 0 Å². The van der Waals surface area contributed by atoms with Gasteiger partial charge in [0.15, 0.2) is 5.78 Å². The fraction of sp³-hybridized carbons (Fsp3) is 0.263. The van der Waals surface area contributed by atoms with E-state index in [-0.39, 0.29) is 11.5 Å². The summed E-state index contributed by atoms with van der Waals surface area (Å²) in [4.78, 5) is 51.8. The zero-order valence-corrected chi connectivity index (χ0v) is 15.9. The van der Waals surface area contributed by atoms with E-state index in [1.54, 1.807) is 6.92 Å². The van der Waals surface area contributed by atoms with E-state index in [0.29, 0.717) is 23.2 Å². The van der Waals surface area contributed by atoms with Crippen LogP contribution in [0.1, 0.15) is 55.0 Å². The van der Waals surface area contributed by atoms with Gasteiger partial charge in [-0.25, -0.2) is 19.4 Å². The van der Waals surface area contributed by atoms with E-state index >= 15 is 0 Å². The molecule has 0 aliphatic carbocycles. The highest BCUT2D eigenvalue weighted by Crippen LogP contribution is 2.04. The molecule has 0 fully saturated rings. The number of esters is 3. The van der Waals surface area contributed by atoms with Crippen LogP contribution in [0.2, 0.25) is 0 Å². The molecular formula is C19H20N2O7. The van der Waals surface area contributed by atoms with Crippen molar-refractivity contribution >= 4 is 23.7 Å². The van der Waals surface area contributed by atoms with E-state index in [2.05, 4.69) is 24.2 Å². The topological polar surface area (TPSA) is 122 Å². The first-order chi connectivity index (χ1) is 13.4. The standard InChI is InChI=1S/C10H11NO3.C9H9NO4/c1-3-9(12)8-5-4-7(6-11-8)10(13)14-2;1-13-8(11)6-3-4-7(10-5-6)9(12)14-2/h4-6H,3H2,1-2H3;3-5H,1-2H3. The second-order valence-corrected chi connectivity index (χ2v) is 5.12. The van der Waals surface area contributed by atoms with E-state index in [0.717, 1.165) is 0 Å². The number of hydrogen-bond acceptors (Lipinski definition) is 9. The number of rotatable bonds is 5. The molecule has 28 heavy (non-hydrogen) atoms. The summed E-state index contributed by atoms with van der Waals surface area (Å²) in [5.41, 5.74) is 1.17. The van der Waals surface area contributed by atoms with Crippen LogP contribution in [0.5, 0.6) is 0 Å². The number of aromatic nitrogens is 2. The first kappa shape index (κ1) is 22.4. The fourth-order valence-electron chi connectivity index (χ4n) is 1.84. The van der Waals surface area contributed by atoms with E-state index in [4.69, 9.17) is 0 Å². The zero-order valence-electron chi connectivity index (χ0n) is 15.9. The summed E-state index contributed by atoms with van der Waals surface area (Å²) in [6, 6.07) is 5.91. The van der Waals surface area contributed by atoms with Gasteiger partial charge in [0, 0.05) is 18.8 Å². The molecule has 148 valence electrons. The van der Waals surface area contributed by atoms with Gasteiger partial charge in [-0.3, -0.25) is 9.78 Å². The Morgan fingerprint density at radius 2 is 1.14 bits per heavy atom. The number of pyridine rings is 2. The van der Waals surface area contributed by atoms with Crippen molar-refractivity contribution in [1.29, 1.82) is 0 Å². The second kappa shape index (κ2) is 11.2. The lowest BCUT2D eigenvalue weighted by Crippen LogP contribution is -2.07. The predicted octanol–water partition coefficient (Wildman–Crippen LogP) is 2.12. The monoisotopic (exact) mass is 388 g/mol. The van der Waals surface area contributed by atoms with Gasteiger partial charge >= 0.3 is 17.9 Å². The van der Waals surface area contributed by atoms with Gasteiger partial charge in [-0.05, 0) is 24.3 Å². The van der Waals surface area contributed by atoms with Crippen molar-refractivity contribution in [2.24, 2.45) is 0 Å². The Morgan fingerprint density at radius 3 is 1.46 bits per heavy atom. The number of ketones is 1. The minimum absolute atomic E-state index is 0.0404. The third kappa shape index (κ3) is 6.27. The van der Waals surface area contributed by atoms with Crippen molar-refractivity contribution in [3.8, 4) is 0 Å². The smallest absolute Gasteiger partial charge is 0.356 e. The third-order valence-electron chi connectivity index (χ3n) is 3.37. The number of methoxy groups -OCH3 is 3. The summed E-state index contributed by atoms with van der Waals surface area (Å²) in [5.74, 6) is -1.52. The molecule has 0 aliphatic rings. The maximum Gasteiger partial charge on any atom is 0.356 e. The average Bonchev–Trinajstić information content (AvgIpc) is 2.77. The highest BCUT2D eigenvalue weighted by molar-refractivity contribution is 5.95. The Bertz CT molecular complexity index is 689. The Labute approximate surface area is 161 Å². The number of hydrogen-bond donors (Lipinski definition) is 0. The Balaban J connectivity index is 0.000000280. The van der Waals surface area contributed by atoms with Crippen molar-refractivity contribution in [1.82, 2.24) is 9.97 Å². The van der Waals surface area contributed by atoms with Crippen molar-refractivity contribution < 1.29 is 33.4 Å². The summed E-state index contributed by atoms with van der Waals surface area (Å²) in [6.45, 7) is 1.76. The molecule has 2 heterocycles. The molecular weight excluding hydrogens is 368 g/mol. The van der Waals surface area contributed by atoms with E-state index < -0.39 is 17.9 Å². The summed E-state index contributed by atoms with van der Waals surface area (Å²) >= 11 is 0. The summed E-state index contributed by atoms with van der Waals surface area (Å²) in [6.07, 6.45) is 3.01. The molecule has 0 spiro atoms. The van der Waals surface area contributed by atoms with Crippen molar-refractivity contribution in [3.05, 3.63) is 59.2 Å². The quantitative estimate of drug-likeness (QED) is 0.430. The molecule has 2 aromatic rings. The largest absolute Gasteiger partial charge is 0.465 e. The molecule has 0 bridgehead atoms. The molecule has 0 amide bonds. The highest BCUT2D eigenvalue weighted by atomic mass is 16.5. The molecule has 0 unspecified atom stereocenters. The van der Waals surface area contributed by atoms with Crippen LogP contribution in [-0.4, -0.2) is 55.0 Å². The van der Waals surface area contributed by atoms with Crippen molar-refractivity contribution in [2.75, 3.05) is 21.3 Å². The molecule has 2 rings (SSSR count). The highest BCUT2D eigenvalue weighted by Gasteiger charge is 2.10. The van der Waals surface area contributed by atoms with Crippen LogP contribution in [0.25, 0.3) is 0 Å². The lowest BCUT2D eigenvalue weighted by atomic mass is 10.2. The van der Waals surface area contributed by atoms with Crippen LogP contribution < -0.4 is 0 Å². The van der Waals surface area contributed by atoms with Crippen LogP contribution in [-0.2, 0) is 14.2 Å². The SMILES string of the molecule is CCC(=O)c1ccc(C(=O)OC)cn1.COC(=O)c1ccc(C(=O)OC)nc1. The molecule has 2 aromatic heterocycles. The van der Waals surface area contributed by atoms with Crippen LogP contribution in [0.15, 0.2) is 36.7 Å². The molecule has 0 atom stereocenters. The minimum Gasteiger partial charge on any atom is -0.465 e. The maximum atomic E-state index is 11.2. The van der Waals surface area contributed by atoms with E-state index in [1.165, 1.54) is 58.0 Å². The minimum atomic E-state index is -0.540. The molecule has 0 saturated heterocycles. The fourth-order valence-corrected chi connectivity index (χ4v) is 1.84. The molecule has 0 N–H and O–H groups in total. The van der Waals surface area contributed by atoms with Crippen LogP contribution in [0.3, 0.4) is 0 Å². The first-order valence-electron chi connectivity index (χ1n) is 8.08. The van der Waals surface area contributed by atoms with E-state index in [1.807, 2.05) is 0 Å². The Morgan fingerprint density at radius 1 is 0.714 bits per heavy atom. The van der Waals surface area contributed by atoms with Gasteiger partial charge in [0.05, 0.1) is 32.5 Å². The van der Waals surface area contributed by atoms with Gasteiger partial charge < -0.3 is 14.2 Å². The Hall–Kier alpha value is -3.62. The molecule has 0 aliphatic heterocycles. The maximum absolute atomic E-state index is 11.2. The lowest BCUT2D eigenvalue weighted by Gasteiger charge is -2.00. The number of ether oxygens (including phenoxy) is 3. The summed E-state index contributed by atoms with van der Waals surface area (Å²) < 4.78 is 13.4. The average molecular weight is 388 g/mol. The van der Waals surface area contributed by atoms with Gasteiger partial charge in [-0.2, -0.15) is 0 Å². The predicted molar refractivity (Wildman–Crippen MR) is 97.1 cm³/mol. The van der Waals surface area contributed by atoms with Gasteiger partial charge in [0.1, 0.15) is 11.4 Å². The van der Waals surface area contributed by atoms with Crippen molar-refractivity contribution in [3.63, 3.8) is 0 Å². The third-order valence-corrected chi connectivity index (χ3v) is 3.37. The number of carbonyl (C=O) groups excluding carboxylic acids is 4.